The highest BCUT2D eigenvalue weighted by atomic mass is 32.2. The summed E-state index contributed by atoms with van der Waals surface area (Å²) in [5.74, 6) is -1.52. The largest absolute Gasteiger partial charge is 0.385 e. The molecule has 8 heteroatoms. The van der Waals surface area contributed by atoms with Crippen LogP contribution in [0.4, 0.5) is 8.78 Å². The molecule has 2 rings (SSSR count). The molecule has 0 radical (unpaired) electrons. The van der Waals surface area contributed by atoms with Gasteiger partial charge in [0.25, 0.3) is 0 Å². The maximum Gasteiger partial charge on any atom is 0.151 e. The molecular formula is C25H35F2NO3S2. The van der Waals surface area contributed by atoms with Crippen LogP contribution in [-0.2, 0) is 26.5 Å². The van der Waals surface area contributed by atoms with Gasteiger partial charge in [0.05, 0.1) is 15.3 Å². The third-order valence-corrected chi connectivity index (χ3v) is 9.39. The zero-order chi connectivity index (χ0) is 25.3. The van der Waals surface area contributed by atoms with Crippen molar-refractivity contribution in [2.24, 2.45) is 11.1 Å². The quantitative estimate of drug-likeness (QED) is 0.437. The van der Waals surface area contributed by atoms with E-state index in [1.54, 1.807) is 6.92 Å². The van der Waals surface area contributed by atoms with Crippen molar-refractivity contribution in [3.63, 3.8) is 0 Å². The van der Waals surface area contributed by atoms with Gasteiger partial charge in [-0.25, -0.2) is 13.0 Å². The van der Waals surface area contributed by atoms with Crippen molar-refractivity contribution in [1.29, 1.82) is 0 Å². The molecule has 1 aromatic heterocycles. The fourth-order valence-electron chi connectivity index (χ4n) is 3.63. The summed E-state index contributed by atoms with van der Waals surface area (Å²) in [5.41, 5.74) is 1.18. The topological polar surface area (TPSA) is 80.4 Å². The predicted molar refractivity (Wildman–Crippen MR) is 133 cm³/mol. The maximum atomic E-state index is 14.4. The lowest BCUT2D eigenvalue weighted by atomic mass is 9.84. The first-order valence-electron chi connectivity index (χ1n) is 11.1. The Bertz CT molecular complexity index is 1110. The van der Waals surface area contributed by atoms with Crippen molar-refractivity contribution in [1.82, 2.24) is 0 Å². The van der Waals surface area contributed by atoms with Crippen LogP contribution in [0.5, 0.6) is 0 Å². The van der Waals surface area contributed by atoms with E-state index in [4.69, 9.17) is 5.14 Å². The third-order valence-electron chi connectivity index (χ3n) is 5.67. The standard InChI is InChI=1S/C25H35F2NO3S2/c1-14(2)18-10-17(26)11-19(15(3)4)20(18)12-22(29)16(5)8-9-33(28,31)24-21(27)13-23(32-24)25(6,7)30/h9-11,13-16,30H,8,12H2,1-7H3,(H2,28,31). The van der Waals surface area contributed by atoms with E-state index in [0.717, 1.165) is 34.1 Å². The number of rotatable bonds is 9. The highest BCUT2D eigenvalue weighted by Crippen LogP contribution is 2.33. The maximum absolute atomic E-state index is 14.4. The van der Waals surface area contributed by atoms with Gasteiger partial charge in [-0.2, -0.15) is 0 Å². The van der Waals surface area contributed by atoms with Crippen LogP contribution in [0.2, 0.25) is 0 Å². The molecule has 0 fully saturated rings. The molecule has 1 heterocycles. The van der Waals surface area contributed by atoms with Crippen molar-refractivity contribution < 1.29 is 22.9 Å². The minimum Gasteiger partial charge on any atom is -0.385 e. The van der Waals surface area contributed by atoms with Crippen LogP contribution in [0.3, 0.4) is 0 Å². The number of ketones is 1. The van der Waals surface area contributed by atoms with Gasteiger partial charge >= 0.3 is 0 Å². The lowest BCUT2D eigenvalue weighted by Crippen LogP contribution is -2.21. The highest BCUT2D eigenvalue weighted by molar-refractivity contribution is 8.01. The SMILES string of the molecule is CC(CC=S(N)(=O)c1sc(C(C)(C)O)cc1F)C(=O)Cc1c(C(C)C)cc(F)cc1C(C)C. The number of carbonyl (C=O) groups is 1. The van der Waals surface area contributed by atoms with E-state index in [1.165, 1.54) is 31.3 Å². The van der Waals surface area contributed by atoms with Crippen molar-refractivity contribution in [3.05, 3.63) is 51.4 Å². The van der Waals surface area contributed by atoms with E-state index in [9.17, 15) is 22.9 Å². The number of benzene rings is 1. The van der Waals surface area contributed by atoms with E-state index in [-0.39, 0.29) is 40.5 Å². The highest BCUT2D eigenvalue weighted by Gasteiger charge is 2.26. The van der Waals surface area contributed by atoms with E-state index < -0.39 is 27.0 Å². The Morgan fingerprint density at radius 3 is 2.06 bits per heavy atom. The number of carbonyl (C=O) groups excluding carboxylic acids is 1. The van der Waals surface area contributed by atoms with Crippen LogP contribution < -0.4 is 5.14 Å². The molecule has 2 atom stereocenters. The molecular weight excluding hydrogens is 464 g/mol. The smallest absolute Gasteiger partial charge is 0.151 e. The van der Waals surface area contributed by atoms with Gasteiger partial charge in [0.1, 0.15) is 15.8 Å². The zero-order valence-corrected chi connectivity index (χ0v) is 22.0. The van der Waals surface area contributed by atoms with Gasteiger partial charge in [0.15, 0.2) is 5.82 Å². The Hall–Kier alpha value is -1.61. The average Bonchev–Trinajstić information content (AvgIpc) is 3.09. The number of nitrogens with two attached hydrogens (primary N) is 1. The Kier molecular flexibility index (Phi) is 8.66. The second-order valence-corrected chi connectivity index (χ2v) is 13.1. The molecule has 0 aliphatic carbocycles. The Morgan fingerprint density at radius 2 is 1.64 bits per heavy atom. The molecule has 0 saturated heterocycles. The molecule has 33 heavy (non-hydrogen) atoms. The summed E-state index contributed by atoms with van der Waals surface area (Å²) in [6, 6.07) is 4.12. The third kappa shape index (κ3) is 6.72. The summed E-state index contributed by atoms with van der Waals surface area (Å²) < 4.78 is 41.4. The normalized spacial score (nSPS) is 15.1. The molecule has 0 saturated carbocycles. The summed E-state index contributed by atoms with van der Waals surface area (Å²) in [7, 11) is -3.33. The molecule has 0 spiro atoms. The average molecular weight is 500 g/mol. The molecule has 1 aromatic carbocycles. The van der Waals surface area contributed by atoms with E-state index >= 15 is 0 Å². The van der Waals surface area contributed by atoms with E-state index in [0.29, 0.717) is 4.88 Å². The van der Waals surface area contributed by atoms with Crippen LogP contribution in [0, 0.1) is 17.6 Å². The van der Waals surface area contributed by atoms with E-state index in [1.807, 2.05) is 27.7 Å². The summed E-state index contributed by atoms with van der Waals surface area (Å²) in [5, 5.41) is 17.3. The minimum absolute atomic E-state index is 0.0532. The number of Topliss-reactive ketones (excluding diaryl/α,β-unsaturated/α-hetero) is 1. The Morgan fingerprint density at radius 1 is 1.12 bits per heavy atom. The lowest BCUT2D eigenvalue weighted by Gasteiger charge is -2.21. The molecule has 0 aliphatic rings. The molecule has 184 valence electrons. The van der Waals surface area contributed by atoms with Gasteiger partial charge in [0, 0.05) is 17.2 Å². The van der Waals surface area contributed by atoms with Gasteiger partial charge in [-0.05, 0) is 72.4 Å². The molecule has 3 N–H and O–H groups in total. The molecule has 2 aromatic rings. The molecule has 4 nitrogen and oxygen atoms in total. The molecule has 0 amide bonds. The first-order valence-corrected chi connectivity index (χ1v) is 13.6. The van der Waals surface area contributed by atoms with Crippen molar-refractivity contribution in [2.75, 3.05) is 0 Å². The Labute approximate surface area is 200 Å². The van der Waals surface area contributed by atoms with Crippen LogP contribution in [0.1, 0.15) is 88.3 Å². The van der Waals surface area contributed by atoms with Crippen LogP contribution in [-0.4, -0.2) is 20.5 Å². The number of aliphatic hydroxyl groups is 1. The van der Waals surface area contributed by atoms with Gasteiger partial charge in [0.2, 0.25) is 0 Å². The summed E-state index contributed by atoms with van der Waals surface area (Å²) in [6.45, 7) is 12.6. The van der Waals surface area contributed by atoms with E-state index in [2.05, 4.69) is 0 Å². The second kappa shape index (κ2) is 10.3. The number of thiophene rings is 1. The monoisotopic (exact) mass is 499 g/mol. The molecule has 0 aliphatic heterocycles. The van der Waals surface area contributed by atoms with Crippen LogP contribution >= 0.6 is 11.3 Å². The van der Waals surface area contributed by atoms with Crippen LogP contribution in [0.15, 0.2) is 22.4 Å². The van der Waals surface area contributed by atoms with Crippen molar-refractivity contribution in [3.8, 4) is 0 Å². The predicted octanol–water partition coefficient (Wildman–Crippen LogP) is 5.66. The van der Waals surface area contributed by atoms with Crippen molar-refractivity contribution >= 4 is 32.2 Å². The van der Waals surface area contributed by atoms with Crippen LogP contribution in [0.25, 0.3) is 0 Å². The minimum atomic E-state index is -3.33. The first-order chi connectivity index (χ1) is 15.0. The lowest BCUT2D eigenvalue weighted by molar-refractivity contribution is -0.121. The first kappa shape index (κ1) is 27.6. The number of hydrogen-bond acceptors (Lipinski definition) is 4. The van der Waals surface area contributed by atoms with Gasteiger partial charge in [-0.1, -0.05) is 34.6 Å². The number of halogens is 2. The van der Waals surface area contributed by atoms with Gasteiger partial charge in [-0.3, -0.25) is 9.93 Å². The second-order valence-electron chi connectivity index (χ2n) is 9.77. The fourth-order valence-corrected chi connectivity index (χ4v) is 6.48. The van der Waals surface area contributed by atoms with Crippen molar-refractivity contribution in [2.45, 2.75) is 83.0 Å². The Balaban J connectivity index is 2.30. The summed E-state index contributed by atoms with van der Waals surface area (Å²) >= 11 is 0.871. The molecule has 0 bridgehead atoms. The van der Waals surface area contributed by atoms with Gasteiger partial charge in [-0.15, -0.1) is 11.3 Å². The summed E-state index contributed by atoms with van der Waals surface area (Å²) in [4.78, 5) is 13.4. The van der Waals surface area contributed by atoms with Gasteiger partial charge < -0.3 is 5.11 Å². The fraction of sp³-hybridized carbons (Fsp3) is 0.520. The zero-order valence-electron chi connectivity index (χ0n) is 20.4. The molecule has 2 unspecified atom stereocenters. The summed E-state index contributed by atoms with van der Waals surface area (Å²) in [6.07, 6.45) is 0.247. The number of hydrogen-bond donors (Lipinski definition) is 2.